The molecule has 0 radical (unpaired) electrons. The Morgan fingerprint density at radius 1 is 1.10 bits per heavy atom. The lowest BCUT2D eigenvalue weighted by Gasteiger charge is -2.39. The quantitative estimate of drug-likeness (QED) is 0.858. The number of aromatic nitrogens is 2. The van der Waals surface area contributed by atoms with Crippen molar-refractivity contribution in [1.29, 1.82) is 0 Å². The molecule has 6 nitrogen and oxygen atoms in total. The Hall–Kier alpha value is -2.21. The number of hydrogen-bond donors (Lipinski definition) is 1. The zero-order valence-corrected chi connectivity index (χ0v) is 17.5. The van der Waals surface area contributed by atoms with Gasteiger partial charge in [-0.15, -0.1) is 0 Å². The van der Waals surface area contributed by atoms with Crippen molar-refractivity contribution in [2.24, 2.45) is 5.92 Å². The Morgan fingerprint density at radius 3 is 2.66 bits per heavy atom. The summed E-state index contributed by atoms with van der Waals surface area (Å²) >= 11 is 0. The van der Waals surface area contributed by atoms with Gasteiger partial charge in [0.25, 0.3) is 5.91 Å². The molecule has 2 aliphatic heterocycles. The monoisotopic (exact) mass is 396 g/mol. The Balaban J connectivity index is 1.55. The minimum Gasteiger partial charge on any atom is -0.383 e. The molecule has 29 heavy (non-hydrogen) atoms. The fourth-order valence-electron chi connectivity index (χ4n) is 5.15. The van der Waals surface area contributed by atoms with Crippen LogP contribution in [0.3, 0.4) is 0 Å². The number of benzene rings is 1. The lowest BCUT2D eigenvalue weighted by molar-refractivity contribution is -0.140. The Bertz CT molecular complexity index is 866. The van der Waals surface area contributed by atoms with E-state index in [4.69, 9.17) is 0 Å². The van der Waals surface area contributed by atoms with Crippen LogP contribution in [-0.4, -0.2) is 57.2 Å². The molecule has 1 aromatic heterocycles. The van der Waals surface area contributed by atoms with E-state index in [-0.39, 0.29) is 11.4 Å². The number of carbonyl (C=O) groups excluding carboxylic acids is 1. The maximum atomic E-state index is 12.8. The molecule has 1 amide bonds. The predicted octanol–water partition coefficient (Wildman–Crippen LogP) is 3.39. The van der Waals surface area contributed by atoms with Crippen LogP contribution in [0.15, 0.2) is 30.6 Å². The molecule has 3 heterocycles. The Labute approximate surface area is 172 Å². The van der Waals surface area contributed by atoms with Crippen molar-refractivity contribution in [3.8, 4) is 0 Å². The lowest BCUT2D eigenvalue weighted by atomic mass is 9.87. The molecule has 0 aliphatic carbocycles. The minimum atomic E-state index is -0.880. The summed E-state index contributed by atoms with van der Waals surface area (Å²) in [4.78, 5) is 26.2. The van der Waals surface area contributed by atoms with Gasteiger partial charge in [0.1, 0.15) is 18.2 Å². The first-order valence-electron chi connectivity index (χ1n) is 10.9. The summed E-state index contributed by atoms with van der Waals surface area (Å²) in [6.07, 6.45) is 6.51. The first-order chi connectivity index (χ1) is 14.0. The second kappa shape index (κ2) is 8.27. The van der Waals surface area contributed by atoms with Crippen LogP contribution in [0.1, 0.15) is 52.4 Å². The summed E-state index contributed by atoms with van der Waals surface area (Å²) in [5, 5.41) is 11.4. The van der Waals surface area contributed by atoms with E-state index in [0.717, 1.165) is 61.9 Å². The van der Waals surface area contributed by atoms with E-state index in [9.17, 15) is 9.90 Å². The first kappa shape index (κ1) is 20.1. The van der Waals surface area contributed by atoms with Crippen LogP contribution >= 0.6 is 0 Å². The fraction of sp³-hybridized carbons (Fsp3) is 0.609. The summed E-state index contributed by atoms with van der Waals surface area (Å²) in [7, 11) is 0. The smallest absolute Gasteiger partial charge is 0.251 e. The minimum absolute atomic E-state index is 0.0369. The van der Waals surface area contributed by atoms with Gasteiger partial charge in [-0.2, -0.15) is 0 Å². The number of fused-ring (bicyclic) bond motifs is 1. The van der Waals surface area contributed by atoms with Gasteiger partial charge in [0, 0.05) is 30.6 Å². The zero-order valence-electron chi connectivity index (χ0n) is 17.5. The number of rotatable bonds is 4. The summed E-state index contributed by atoms with van der Waals surface area (Å²) in [6.45, 7) is 6.50. The molecule has 156 valence electrons. The number of para-hydroxylation sites is 1. The second-order valence-corrected chi connectivity index (χ2v) is 9.02. The molecule has 4 rings (SSSR count). The van der Waals surface area contributed by atoms with E-state index in [1.807, 2.05) is 36.9 Å². The van der Waals surface area contributed by atoms with E-state index < -0.39 is 6.10 Å². The first-order valence-corrected chi connectivity index (χ1v) is 10.9. The van der Waals surface area contributed by atoms with Gasteiger partial charge in [0.15, 0.2) is 0 Å². The van der Waals surface area contributed by atoms with Crippen molar-refractivity contribution < 1.29 is 9.90 Å². The zero-order chi connectivity index (χ0) is 20.4. The highest BCUT2D eigenvalue weighted by atomic mass is 16.3. The number of carbonyl (C=O) groups is 1. The maximum absolute atomic E-state index is 12.8. The van der Waals surface area contributed by atoms with Crippen LogP contribution in [0.5, 0.6) is 0 Å². The van der Waals surface area contributed by atoms with Crippen LogP contribution in [0.4, 0.5) is 5.82 Å². The third kappa shape index (κ3) is 3.95. The van der Waals surface area contributed by atoms with Crippen LogP contribution in [0, 0.1) is 5.92 Å². The van der Waals surface area contributed by atoms with Gasteiger partial charge in [-0.3, -0.25) is 4.79 Å². The molecule has 2 aromatic rings. The van der Waals surface area contributed by atoms with Crippen molar-refractivity contribution in [3.63, 3.8) is 0 Å². The normalized spacial score (nSPS) is 23.7. The number of amides is 1. The standard InChI is InChI=1S/C23H32N4O2/c1-17(2)15-20(28)22(29)26-12-5-9-23(11-14-26)10-6-13-27(23)21-18-7-3-4-8-19(18)24-16-25-21/h3-4,7-8,16-17,20,28H,5-6,9-15H2,1-2H3/t20-,23-/m0/s1. The molecule has 0 unspecified atom stereocenters. The van der Waals surface area contributed by atoms with Crippen LogP contribution in [0.2, 0.25) is 0 Å². The van der Waals surface area contributed by atoms with Crippen molar-refractivity contribution in [3.05, 3.63) is 30.6 Å². The van der Waals surface area contributed by atoms with Crippen molar-refractivity contribution in [1.82, 2.24) is 14.9 Å². The number of aliphatic hydroxyl groups is 1. The largest absolute Gasteiger partial charge is 0.383 e. The molecule has 0 bridgehead atoms. The molecule has 6 heteroatoms. The molecule has 0 saturated carbocycles. The van der Waals surface area contributed by atoms with E-state index in [0.29, 0.717) is 18.9 Å². The van der Waals surface area contributed by atoms with Gasteiger partial charge in [0.2, 0.25) is 0 Å². The summed E-state index contributed by atoms with van der Waals surface area (Å²) in [5.74, 6) is 1.23. The van der Waals surface area contributed by atoms with E-state index in [2.05, 4.69) is 20.9 Å². The SMILES string of the molecule is CC(C)C[C@H](O)C(=O)N1CCC[C@]2(CCCN2c2ncnc3ccccc23)CC1. The van der Waals surface area contributed by atoms with E-state index in [1.54, 1.807) is 6.33 Å². The third-order valence-electron chi connectivity index (χ3n) is 6.58. The average molecular weight is 397 g/mol. The molecule has 1 spiro atoms. The number of anilines is 1. The second-order valence-electron chi connectivity index (χ2n) is 9.02. The Morgan fingerprint density at radius 2 is 1.86 bits per heavy atom. The molecule has 2 atom stereocenters. The van der Waals surface area contributed by atoms with Crippen LogP contribution in [0.25, 0.3) is 10.9 Å². The van der Waals surface area contributed by atoms with Gasteiger partial charge < -0.3 is 14.9 Å². The van der Waals surface area contributed by atoms with Crippen molar-refractivity contribution >= 4 is 22.6 Å². The van der Waals surface area contributed by atoms with Gasteiger partial charge >= 0.3 is 0 Å². The van der Waals surface area contributed by atoms with Crippen LogP contribution in [-0.2, 0) is 4.79 Å². The van der Waals surface area contributed by atoms with Crippen LogP contribution < -0.4 is 4.90 Å². The van der Waals surface area contributed by atoms with Gasteiger partial charge in [-0.25, -0.2) is 9.97 Å². The van der Waals surface area contributed by atoms with E-state index in [1.165, 1.54) is 0 Å². The summed E-state index contributed by atoms with van der Waals surface area (Å²) in [5.41, 5.74) is 1.01. The molecular formula is C23H32N4O2. The van der Waals surface area contributed by atoms with Crippen molar-refractivity contribution in [2.75, 3.05) is 24.5 Å². The number of aliphatic hydroxyl groups excluding tert-OH is 1. The van der Waals surface area contributed by atoms with E-state index >= 15 is 0 Å². The third-order valence-corrected chi connectivity index (χ3v) is 6.58. The van der Waals surface area contributed by atoms with Gasteiger partial charge in [0.05, 0.1) is 5.52 Å². The lowest BCUT2D eigenvalue weighted by Crippen LogP contribution is -2.46. The fourth-order valence-corrected chi connectivity index (χ4v) is 5.15. The highest BCUT2D eigenvalue weighted by molar-refractivity contribution is 5.89. The molecular weight excluding hydrogens is 364 g/mol. The summed E-state index contributed by atoms with van der Waals surface area (Å²) in [6, 6.07) is 8.19. The average Bonchev–Trinajstić information content (AvgIpc) is 2.99. The molecule has 2 aliphatic rings. The number of likely N-dealkylation sites (tertiary alicyclic amines) is 1. The topological polar surface area (TPSA) is 69.6 Å². The summed E-state index contributed by atoms with van der Waals surface area (Å²) < 4.78 is 0. The molecule has 2 fully saturated rings. The number of hydrogen-bond acceptors (Lipinski definition) is 5. The highest BCUT2D eigenvalue weighted by Gasteiger charge is 2.43. The van der Waals surface area contributed by atoms with Gasteiger partial charge in [-0.1, -0.05) is 26.0 Å². The molecule has 2 saturated heterocycles. The number of nitrogens with zero attached hydrogens (tertiary/aromatic N) is 4. The maximum Gasteiger partial charge on any atom is 0.251 e. The highest BCUT2D eigenvalue weighted by Crippen LogP contribution is 2.42. The van der Waals surface area contributed by atoms with Crippen molar-refractivity contribution in [2.45, 2.75) is 64.0 Å². The predicted molar refractivity (Wildman–Crippen MR) is 115 cm³/mol. The Kier molecular flexibility index (Phi) is 5.72. The molecule has 1 aromatic carbocycles. The molecule has 1 N–H and O–H groups in total. The van der Waals surface area contributed by atoms with Gasteiger partial charge in [-0.05, 0) is 56.6 Å².